The maximum atomic E-state index is 12.3. The molecule has 1 saturated heterocycles. The minimum Gasteiger partial charge on any atom is -0.376 e. The fourth-order valence-electron chi connectivity index (χ4n) is 2.40. The Kier molecular flexibility index (Phi) is 4.70. The van der Waals surface area contributed by atoms with Crippen molar-refractivity contribution in [1.29, 1.82) is 0 Å². The summed E-state index contributed by atoms with van der Waals surface area (Å²) in [5.41, 5.74) is 0.300. The van der Waals surface area contributed by atoms with Gasteiger partial charge in [0, 0.05) is 19.9 Å². The summed E-state index contributed by atoms with van der Waals surface area (Å²) in [5, 5.41) is 2.86. The van der Waals surface area contributed by atoms with Crippen LogP contribution in [0.5, 0.6) is 0 Å². The van der Waals surface area contributed by atoms with Crippen molar-refractivity contribution in [2.24, 2.45) is 7.05 Å². The highest BCUT2D eigenvalue weighted by Crippen LogP contribution is 2.17. The van der Waals surface area contributed by atoms with Crippen molar-refractivity contribution in [2.75, 3.05) is 13.7 Å². The first-order valence-electron chi connectivity index (χ1n) is 6.87. The molecule has 118 valence electrons. The van der Waals surface area contributed by atoms with Crippen LogP contribution in [0, 0.1) is 0 Å². The molecule has 7 nitrogen and oxygen atoms in total. The fourth-order valence-corrected chi connectivity index (χ4v) is 3.19. The van der Waals surface area contributed by atoms with Crippen LogP contribution < -0.4 is 10.0 Å². The minimum atomic E-state index is -3.55. The highest BCUT2D eigenvalue weighted by Gasteiger charge is 2.25. The van der Waals surface area contributed by atoms with Gasteiger partial charge in [-0.3, -0.25) is 4.79 Å². The number of aromatic nitrogens is 1. The zero-order chi connectivity index (χ0) is 15.6. The van der Waals surface area contributed by atoms with Crippen LogP contribution in [0.15, 0.2) is 17.2 Å². The Hall–Kier alpha value is -1.38. The van der Waals surface area contributed by atoms with Crippen LogP contribution in [-0.2, 0) is 21.8 Å². The molecule has 2 heterocycles. The smallest absolute Gasteiger partial charge is 0.268 e. The van der Waals surface area contributed by atoms with Crippen LogP contribution in [0.3, 0.4) is 0 Å². The molecule has 0 aromatic carbocycles. The Morgan fingerprint density at radius 2 is 2.24 bits per heavy atom. The zero-order valence-corrected chi connectivity index (χ0v) is 13.2. The molecule has 1 aromatic heterocycles. The molecule has 2 N–H and O–H groups in total. The van der Waals surface area contributed by atoms with E-state index < -0.39 is 10.0 Å². The largest absolute Gasteiger partial charge is 0.376 e. The number of aryl methyl sites for hydroxylation is 1. The first kappa shape index (κ1) is 16.0. The Bertz CT molecular complexity index is 617. The third-order valence-corrected chi connectivity index (χ3v) is 5.05. The summed E-state index contributed by atoms with van der Waals surface area (Å²) < 4.78 is 32.8. The van der Waals surface area contributed by atoms with Crippen LogP contribution in [0.1, 0.15) is 30.3 Å². The molecule has 2 rings (SSSR count). The van der Waals surface area contributed by atoms with Crippen molar-refractivity contribution in [3.63, 3.8) is 0 Å². The van der Waals surface area contributed by atoms with E-state index in [1.165, 1.54) is 23.9 Å². The van der Waals surface area contributed by atoms with Crippen LogP contribution in [0.25, 0.3) is 0 Å². The van der Waals surface area contributed by atoms with Gasteiger partial charge < -0.3 is 14.6 Å². The minimum absolute atomic E-state index is 0.0229. The van der Waals surface area contributed by atoms with Gasteiger partial charge in [-0.25, -0.2) is 13.1 Å². The Balaban J connectivity index is 2.12. The van der Waals surface area contributed by atoms with E-state index in [0.29, 0.717) is 5.69 Å². The van der Waals surface area contributed by atoms with Gasteiger partial charge in [0.1, 0.15) is 10.6 Å². The summed E-state index contributed by atoms with van der Waals surface area (Å²) >= 11 is 0. The lowest BCUT2D eigenvalue weighted by Crippen LogP contribution is -2.41. The number of hydrogen-bond acceptors (Lipinski definition) is 4. The summed E-state index contributed by atoms with van der Waals surface area (Å²) in [6.45, 7) is 2.61. The summed E-state index contributed by atoms with van der Waals surface area (Å²) in [5.74, 6) is -0.307. The predicted molar refractivity (Wildman–Crippen MR) is 77.6 cm³/mol. The molecular weight excluding hydrogens is 294 g/mol. The predicted octanol–water partition coefficient (Wildman–Crippen LogP) is 0.231. The quantitative estimate of drug-likeness (QED) is 0.814. The second-order valence-corrected chi connectivity index (χ2v) is 7.08. The van der Waals surface area contributed by atoms with Crippen LogP contribution in [0.2, 0.25) is 0 Å². The molecular formula is C13H21N3O4S. The van der Waals surface area contributed by atoms with E-state index in [1.807, 2.05) is 6.92 Å². The molecule has 0 unspecified atom stereocenters. The summed E-state index contributed by atoms with van der Waals surface area (Å²) in [4.78, 5) is 12.3. The Morgan fingerprint density at radius 3 is 2.81 bits per heavy atom. The van der Waals surface area contributed by atoms with Crippen molar-refractivity contribution in [3.05, 3.63) is 18.0 Å². The molecule has 1 fully saturated rings. The number of carbonyl (C=O) groups excluding carboxylic acids is 1. The number of amides is 1. The summed E-state index contributed by atoms with van der Waals surface area (Å²) in [7, 11) is -0.579. The first-order valence-corrected chi connectivity index (χ1v) is 8.36. The molecule has 1 aliphatic heterocycles. The molecule has 21 heavy (non-hydrogen) atoms. The second-order valence-electron chi connectivity index (χ2n) is 5.19. The average molecular weight is 315 g/mol. The average Bonchev–Trinajstić information content (AvgIpc) is 3.07. The van der Waals surface area contributed by atoms with Gasteiger partial charge in [0.2, 0.25) is 10.0 Å². The number of nitrogens with zero attached hydrogens (tertiary/aromatic N) is 1. The van der Waals surface area contributed by atoms with Gasteiger partial charge >= 0.3 is 0 Å². The molecule has 2 atom stereocenters. The lowest BCUT2D eigenvalue weighted by Gasteiger charge is -2.20. The number of nitrogens with one attached hydrogen (secondary N) is 2. The number of sulfonamides is 1. The monoisotopic (exact) mass is 315 g/mol. The molecule has 1 aromatic rings. The van der Waals surface area contributed by atoms with Gasteiger partial charge in [-0.15, -0.1) is 0 Å². The van der Waals surface area contributed by atoms with E-state index >= 15 is 0 Å². The molecule has 0 spiro atoms. The summed E-state index contributed by atoms with van der Waals surface area (Å²) in [6.07, 6.45) is 3.36. The lowest BCUT2D eigenvalue weighted by molar-refractivity contribution is 0.0707. The van der Waals surface area contributed by atoms with Crippen molar-refractivity contribution < 1.29 is 17.9 Å². The zero-order valence-electron chi connectivity index (χ0n) is 12.4. The molecule has 0 aliphatic carbocycles. The third kappa shape index (κ3) is 3.45. The van der Waals surface area contributed by atoms with E-state index in [4.69, 9.17) is 4.74 Å². The highest BCUT2D eigenvalue weighted by atomic mass is 32.2. The van der Waals surface area contributed by atoms with Gasteiger partial charge in [0.25, 0.3) is 5.91 Å². The fraction of sp³-hybridized carbons (Fsp3) is 0.615. The standard InChI is InChI=1S/C13H21N3O4S/c1-9(12-5-4-6-20-12)15-13(17)11-7-10(8-16(11)3)21(18,19)14-2/h7-9,12,14H,4-6H2,1-3H3,(H,15,17)/t9-,12-/m0/s1. The number of hydrogen-bond donors (Lipinski definition) is 2. The third-order valence-electron chi connectivity index (χ3n) is 3.67. The lowest BCUT2D eigenvalue weighted by atomic mass is 10.1. The highest BCUT2D eigenvalue weighted by molar-refractivity contribution is 7.89. The maximum Gasteiger partial charge on any atom is 0.268 e. The second kappa shape index (κ2) is 6.17. The van der Waals surface area contributed by atoms with Gasteiger partial charge in [-0.05, 0) is 32.9 Å². The van der Waals surface area contributed by atoms with E-state index in [9.17, 15) is 13.2 Å². The Labute approximate surface area is 124 Å². The first-order chi connectivity index (χ1) is 9.85. The molecule has 1 amide bonds. The topological polar surface area (TPSA) is 89.4 Å². The van der Waals surface area contributed by atoms with E-state index in [0.717, 1.165) is 19.4 Å². The maximum absolute atomic E-state index is 12.3. The molecule has 1 aliphatic rings. The number of ether oxygens (including phenoxy) is 1. The van der Waals surface area contributed by atoms with Crippen molar-refractivity contribution in [2.45, 2.75) is 36.8 Å². The molecule has 0 saturated carbocycles. The van der Waals surface area contributed by atoms with Crippen LogP contribution in [0.4, 0.5) is 0 Å². The van der Waals surface area contributed by atoms with Crippen molar-refractivity contribution >= 4 is 15.9 Å². The normalized spacial score (nSPS) is 20.4. The molecule has 0 bridgehead atoms. The Morgan fingerprint density at radius 1 is 1.52 bits per heavy atom. The van der Waals surface area contributed by atoms with Gasteiger partial charge in [0.05, 0.1) is 12.1 Å². The van der Waals surface area contributed by atoms with Crippen LogP contribution >= 0.6 is 0 Å². The van der Waals surface area contributed by atoms with E-state index in [1.54, 1.807) is 7.05 Å². The number of rotatable bonds is 5. The van der Waals surface area contributed by atoms with Crippen molar-refractivity contribution in [1.82, 2.24) is 14.6 Å². The molecule has 0 radical (unpaired) electrons. The summed E-state index contributed by atoms with van der Waals surface area (Å²) in [6, 6.07) is 1.25. The van der Waals surface area contributed by atoms with Gasteiger partial charge in [0.15, 0.2) is 0 Å². The number of carbonyl (C=O) groups is 1. The van der Waals surface area contributed by atoms with E-state index in [-0.39, 0.29) is 22.9 Å². The van der Waals surface area contributed by atoms with Crippen molar-refractivity contribution in [3.8, 4) is 0 Å². The SMILES string of the molecule is CNS(=O)(=O)c1cc(C(=O)N[C@@H](C)[C@@H]2CCCO2)n(C)c1. The van der Waals surface area contributed by atoms with Gasteiger partial charge in [-0.2, -0.15) is 0 Å². The van der Waals surface area contributed by atoms with E-state index in [2.05, 4.69) is 10.0 Å². The van der Waals surface area contributed by atoms with Gasteiger partial charge in [-0.1, -0.05) is 0 Å². The van der Waals surface area contributed by atoms with Crippen LogP contribution in [-0.4, -0.2) is 44.7 Å². The molecule has 8 heteroatoms.